The maximum Gasteiger partial charge on any atom is 0.122 e. The highest BCUT2D eigenvalue weighted by Crippen LogP contribution is 2.29. The Hall–Kier alpha value is -1.22. The number of aromatic hydroxyl groups is 2. The van der Waals surface area contributed by atoms with Crippen LogP contribution in [0.25, 0.3) is 0 Å². The van der Waals surface area contributed by atoms with Gasteiger partial charge in [0.15, 0.2) is 0 Å². The molecule has 1 atom stereocenters. The minimum Gasteiger partial charge on any atom is -0.508 e. The van der Waals surface area contributed by atoms with E-state index in [1.807, 2.05) is 0 Å². The molecule has 3 nitrogen and oxygen atoms in total. The van der Waals surface area contributed by atoms with Crippen molar-refractivity contribution in [1.82, 2.24) is 0 Å². The largest absolute Gasteiger partial charge is 0.508 e. The number of hydrogen-bond acceptors (Lipinski definition) is 3. The summed E-state index contributed by atoms with van der Waals surface area (Å²) < 4.78 is 0. The normalized spacial score (nSPS) is 12.9. The van der Waals surface area contributed by atoms with E-state index < -0.39 is 0 Å². The molecule has 0 aliphatic heterocycles. The van der Waals surface area contributed by atoms with Crippen molar-refractivity contribution >= 4 is 0 Å². The summed E-state index contributed by atoms with van der Waals surface area (Å²) in [5.74, 6) is 0.171. The molecule has 1 aromatic rings. The second-order valence-electron chi connectivity index (χ2n) is 2.97. The maximum atomic E-state index is 9.31. The topological polar surface area (TPSA) is 66.5 Å². The van der Waals surface area contributed by atoms with E-state index in [0.717, 1.165) is 5.56 Å². The fourth-order valence-electron chi connectivity index (χ4n) is 0.968. The summed E-state index contributed by atoms with van der Waals surface area (Å²) in [7, 11) is 0. The van der Waals surface area contributed by atoms with Crippen LogP contribution in [-0.4, -0.2) is 10.2 Å². The van der Waals surface area contributed by atoms with E-state index in [0.29, 0.717) is 5.56 Å². The Morgan fingerprint density at radius 1 is 1.25 bits per heavy atom. The predicted molar refractivity (Wildman–Crippen MR) is 47.1 cm³/mol. The van der Waals surface area contributed by atoms with E-state index in [4.69, 9.17) is 5.73 Å². The Bertz CT molecular complexity index is 272. The highest BCUT2D eigenvalue weighted by atomic mass is 16.3. The molecule has 0 saturated heterocycles. The van der Waals surface area contributed by atoms with E-state index in [1.54, 1.807) is 26.0 Å². The molecule has 0 spiro atoms. The first kappa shape index (κ1) is 8.87. The molecule has 1 aromatic carbocycles. The molecule has 0 aliphatic carbocycles. The lowest BCUT2D eigenvalue weighted by Gasteiger charge is -2.09. The summed E-state index contributed by atoms with van der Waals surface area (Å²) in [6.07, 6.45) is 0. The molecule has 0 aromatic heterocycles. The first-order valence-electron chi connectivity index (χ1n) is 3.80. The standard InChI is InChI=1S/C9H13NO2/c1-5-8(11)3-7(6(2)10)4-9(5)12/h3-4,6,11-12H,10H2,1-2H3. The Morgan fingerprint density at radius 3 is 2.00 bits per heavy atom. The van der Waals surface area contributed by atoms with Crippen LogP contribution >= 0.6 is 0 Å². The van der Waals surface area contributed by atoms with Crippen molar-refractivity contribution in [3.05, 3.63) is 23.3 Å². The number of phenols is 2. The Morgan fingerprint density at radius 2 is 1.67 bits per heavy atom. The van der Waals surface area contributed by atoms with Crippen LogP contribution < -0.4 is 5.73 Å². The average molecular weight is 167 g/mol. The molecule has 0 saturated carbocycles. The third-order valence-electron chi connectivity index (χ3n) is 1.90. The number of rotatable bonds is 1. The van der Waals surface area contributed by atoms with E-state index in [9.17, 15) is 10.2 Å². The fourth-order valence-corrected chi connectivity index (χ4v) is 0.968. The Balaban J connectivity index is 3.21. The molecule has 66 valence electrons. The van der Waals surface area contributed by atoms with Crippen molar-refractivity contribution in [3.63, 3.8) is 0 Å². The van der Waals surface area contributed by atoms with Gasteiger partial charge in [-0.15, -0.1) is 0 Å². The van der Waals surface area contributed by atoms with E-state index in [-0.39, 0.29) is 17.5 Å². The average Bonchev–Trinajstić information content (AvgIpc) is 1.99. The van der Waals surface area contributed by atoms with Crippen molar-refractivity contribution in [2.45, 2.75) is 19.9 Å². The molecule has 0 bridgehead atoms. The van der Waals surface area contributed by atoms with E-state index in [2.05, 4.69) is 0 Å². The number of benzene rings is 1. The quantitative estimate of drug-likeness (QED) is 0.592. The molecule has 0 radical (unpaired) electrons. The van der Waals surface area contributed by atoms with Crippen molar-refractivity contribution in [2.24, 2.45) is 5.73 Å². The van der Waals surface area contributed by atoms with Crippen LogP contribution in [0, 0.1) is 6.92 Å². The summed E-state index contributed by atoms with van der Waals surface area (Å²) in [5, 5.41) is 18.6. The summed E-state index contributed by atoms with van der Waals surface area (Å²) in [6, 6.07) is 2.96. The molecule has 0 amide bonds. The van der Waals surface area contributed by atoms with Gasteiger partial charge >= 0.3 is 0 Å². The molecule has 3 heteroatoms. The fraction of sp³-hybridized carbons (Fsp3) is 0.333. The zero-order chi connectivity index (χ0) is 9.30. The van der Waals surface area contributed by atoms with Crippen molar-refractivity contribution in [3.8, 4) is 11.5 Å². The van der Waals surface area contributed by atoms with Crippen molar-refractivity contribution in [2.75, 3.05) is 0 Å². The van der Waals surface area contributed by atoms with Crippen molar-refractivity contribution in [1.29, 1.82) is 0 Å². The maximum absolute atomic E-state index is 9.31. The predicted octanol–water partition coefficient (Wildman–Crippen LogP) is 1.43. The highest BCUT2D eigenvalue weighted by Gasteiger charge is 2.07. The van der Waals surface area contributed by atoms with Crippen molar-refractivity contribution < 1.29 is 10.2 Å². The van der Waals surface area contributed by atoms with Gasteiger partial charge in [0, 0.05) is 11.6 Å². The SMILES string of the molecule is Cc1c(O)cc(C(C)N)cc1O. The smallest absolute Gasteiger partial charge is 0.122 e. The Labute approximate surface area is 71.5 Å². The molecular formula is C9H13NO2. The number of hydrogen-bond donors (Lipinski definition) is 3. The van der Waals surface area contributed by atoms with Crippen LogP contribution in [0.3, 0.4) is 0 Å². The van der Waals surface area contributed by atoms with Gasteiger partial charge in [0.1, 0.15) is 11.5 Å². The van der Waals surface area contributed by atoms with Crippen LogP contribution in [0.2, 0.25) is 0 Å². The number of nitrogens with two attached hydrogens (primary N) is 1. The van der Waals surface area contributed by atoms with Gasteiger partial charge in [-0.05, 0) is 31.5 Å². The molecule has 1 unspecified atom stereocenters. The van der Waals surface area contributed by atoms with Gasteiger partial charge in [0.25, 0.3) is 0 Å². The summed E-state index contributed by atoms with van der Waals surface area (Å²) in [5.41, 5.74) is 6.80. The minimum absolute atomic E-state index is 0.0855. The first-order valence-corrected chi connectivity index (χ1v) is 3.80. The Kier molecular flexibility index (Phi) is 2.24. The van der Waals surface area contributed by atoms with Gasteiger partial charge in [-0.2, -0.15) is 0 Å². The van der Waals surface area contributed by atoms with Gasteiger partial charge in [-0.3, -0.25) is 0 Å². The molecule has 4 N–H and O–H groups in total. The third kappa shape index (κ3) is 1.51. The molecule has 12 heavy (non-hydrogen) atoms. The highest BCUT2D eigenvalue weighted by molar-refractivity contribution is 5.46. The molecule has 1 rings (SSSR count). The second kappa shape index (κ2) is 3.03. The monoisotopic (exact) mass is 167 g/mol. The lowest BCUT2D eigenvalue weighted by molar-refractivity contribution is 0.441. The van der Waals surface area contributed by atoms with Crippen LogP contribution in [0.15, 0.2) is 12.1 Å². The van der Waals surface area contributed by atoms with Gasteiger partial charge in [0.05, 0.1) is 0 Å². The minimum atomic E-state index is -0.178. The number of phenolic OH excluding ortho intramolecular Hbond substituents is 2. The van der Waals surface area contributed by atoms with Crippen LogP contribution in [0.5, 0.6) is 11.5 Å². The molecular weight excluding hydrogens is 154 g/mol. The lowest BCUT2D eigenvalue weighted by Crippen LogP contribution is -2.04. The summed E-state index contributed by atoms with van der Waals surface area (Å²) in [4.78, 5) is 0. The molecule has 0 heterocycles. The van der Waals surface area contributed by atoms with E-state index in [1.165, 1.54) is 0 Å². The molecule has 0 fully saturated rings. The first-order chi connectivity index (χ1) is 5.52. The molecule has 0 aliphatic rings. The van der Waals surface area contributed by atoms with Crippen LogP contribution in [-0.2, 0) is 0 Å². The zero-order valence-corrected chi connectivity index (χ0v) is 7.20. The van der Waals surface area contributed by atoms with Gasteiger partial charge in [-0.25, -0.2) is 0 Å². The lowest BCUT2D eigenvalue weighted by atomic mass is 10.1. The third-order valence-corrected chi connectivity index (χ3v) is 1.90. The van der Waals surface area contributed by atoms with E-state index >= 15 is 0 Å². The van der Waals surface area contributed by atoms with Crippen LogP contribution in [0.4, 0.5) is 0 Å². The van der Waals surface area contributed by atoms with Gasteiger partial charge in [-0.1, -0.05) is 0 Å². The summed E-state index contributed by atoms with van der Waals surface area (Å²) >= 11 is 0. The zero-order valence-electron chi connectivity index (χ0n) is 7.20. The van der Waals surface area contributed by atoms with Crippen LogP contribution in [0.1, 0.15) is 24.1 Å². The summed E-state index contributed by atoms with van der Waals surface area (Å²) in [6.45, 7) is 3.44. The van der Waals surface area contributed by atoms with Gasteiger partial charge in [0.2, 0.25) is 0 Å². The second-order valence-corrected chi connectivity index (χ2v) is 2.97. The van der Waals surface area contributed by atoms with Gasteiger partial charge < -0.3 is 15.9 Å².